The van der Waals surface area contributed by atoms with Crippen LogP contribution in [0.25, 0.3) is 0 Å². The molecule has 0 radical (unpaired) electrons. The Labute approximate surface area is 120 Å². The van der Waals surface area contributed by atoms with E-state index < -0.39 is 0 Å². The number of hydrogen-bond acceptors (Lipinski definition) is 2. The van der Waals surface area contributed by atoms with Crippen LogP contribution in [0.3, 0.4) is 0 Å². The highest BCUT2D eigenvalue weighted by Crippen LogP contribution is 2.34. The molecule has 2 heterocycles. The standard InChI is InChI=1S/C15H21ClN2O/c1-4-15(3)5-7-18(8-6-15)14(19)12-10-17-11(2)9-13(12)16/h9-10H,4-8H2,1-3H3. The number of aryl methyl sites for hydroxylation is 1. The van der Waals surface area contributed by atoms with Crippen LogP contribution in [0.4, 0.5) is 0 Å². The highest BCUT2D eigenvalue weighted by Gasteiger charge is 2.31. The molecule has 2 rings (SSSR count). The van der Waals surface area contributed by atoms with Crippen molar-refractivity contribution in [3.8, 4) is 0 Å². The molecule has 104 valence electrons. The van der Waals surface area contributed by atoms with E-state index in [2.05, 4.69) is 18.8 Å². The third-order valence-corrected chi connectivity index (χ3v) is 4.64. The minimum Gasteiger partial charge on any atom is -0.339 e. The van der Waals surface area contributed by atoms with E-state index in [1.165, 1.54) is 6.42 Å². The van der Waals surface area contributed by atoms with E-state index in [0.29, 0.717) is 16.0 Å². The Morgan fingerprint density at radius 3 is 2.63 bits per heavy atom. The lowest BCUT2D eigenvalue weighted by molar-refractivity contribution is 0.0600. The van der Waals surface area contributed by atoms with Gasteiger partial charge in [-0.05, 0) is 31.2 Å². The van der Waals surface area contributed by atoms with Gasteiger partial charge in [-0.2, -0.15) is 0 Å². The molecule has 1 aliphatic heterocycles. The van der Waals surface area contributed by atoms with Crippen LogP contribution < -0.4 is 0 Å². The topological polar surface area (TPSA) is 33.2 Å². The SMILES string of the molecule is CCC1(C)CCN(C(=O)c2cnc(C)cc2Cl)CC1. The zero-order chi connectivity index (χ0) is 14.0. The highest BCUT2D eigenvalue weighted by atomic mass is 35.5. The highest BCUT2D eigenvalue weighted by molar-refractivity contribution is 6.33. The van der Waals surface area contributed by atoms with Gasteiger partial charge >= 0.3 is 0 Å². The lowest BCUT2D eigenvalue weighted by atomic mass is 9.78. The molecular weight excluding hydrogens is 260 g/mol. The molecule has 1 aromatic heterocycles. The molecule has 0 N–H and O–H groups in total. The first kappa shape index (κ1) is 14.3. The van der Waals surface area contributed by atoms with Crippen LogP contribution in [0.5, 0.6) is 0 Å². The van der Waals surface area contributed by atoms with E-state index in [-0.39, 0.29) is 5.91 Å². The van der Waals surface area contributed by atoms with Crippen molar-refractivity contribution in [3.05, 3.63) is 28.5 Å². The second-order valence-corrected chi connectivity index (χ2v) is 6.17. The van der Waals surface area contributed by atoms with E-state index in [4.69, 9.17) is 11.6 Å². The largest absolute Gasteiger partial charge is 0.339 e. The average Bonchev–Trinajstić information content (AvgIpc) is 2.39. The van der Waals surface area contributed by atoms with Crippen molar-refractivity contribution in [2.75, 3.05) is 13.1 Å². The Morgan fingerprint density at radius 2 is 2.11 bits per heavy atom. The summed E-state index contributed by atoms with van der Waals surface area (Å²) in [7, 11) is 0. The Balaban J connectivity index is 2.09. The second-order valence-electron chi connectivity index (χ2n) is 5.76. The predicted octanol–water partition coefficient (Wildman–Crippen LogP) is 3.70. The van der Waals surface area contributed by atoms with Gasteiger partial charge in [-0.3, -0.25) is 9.78 Å². The number of aromatic nitrogens is 1. The van der Waals surface area contributed by atoms with Gasteiger partial charge in [-0.1, -0.05) is 31.9 Å². The van der Waals surface area contributed by atoms with Gasteiger partial charge in [0.1, 0.15) is 0 Å². The summed E-state index contributed by atoms with van der Waals surface area (Å²) in [5, 5.41) is 0.501. The van der Waals surface area contributed by atoms with Crippen molar-refractivity contribution in [3.63, 3.8) is 0 Å². The van der Waals surface area contributed by atoms with Crippen molar-refractivity contribution in [1.29, 1.82) is 0 Å². The number of carbonyl (C=O) groups excluding carboxylic acids is 1. The third-order valence-electron chi connectivity index (χ3n) is 4.33. The number of pyridine rings is 1. The van der Waals surface area contributed by atoms with Gasteiger partial charge in [0.15, 0.2) is 0 Å². The van der Waals surface area contributed by atoms with Gasteiger partial charge < -0.3 is 4.90 Å². The molecule has 0 atom stereocenters. The monoisotopic (exact) mass is 280 g/mol. The Morgan fingerprint density at radius 1 is 1.47 bits per heavy atom. The van der Waals surface area contributed by atoms with Gasteiger partial charge in [0.05, 0.1) is 10.6 Å². The molecule has 0 saturated carbocycles. The molecule has 0 spiro atoms. The number of piperidine rings is 1. The maximum Gasteiger partial charge on any atom is 0.256 e. The zero-order valence-corrected chi connectivity index (χ0v) is 12.6. The molecule has 1 fully saturated rings. The Bertz CT molecular complexity index is 479. The number of carbonyl (C=O) groups is 1. The van der Waals surface area contributed by atoms with Crippen LogP contribution in [-0.2, 0) is 0 Å². The summed E-state index contributed by atoms with van der Waals surface area (Å²) in [5.41, 5.74) is 1.73. The third kappa shape index (κ3) is 3.08. The number of hydrogen-bond donors (Lipinski definition) is 0. The molecule has 1 aromatic rings. The molecular formula is C15H21ClN2O. The first-order chi connectivity index (χ1) is 8.95. The fourth-order valence-corrected chi connectivity index (χ4v) is 2.74. The number of likely N-dealkylation sites (tertiary alicyclic amines) is 1. The van der Waals surface area contributed by atoms with Crippen LogP contribution in [0.15, 0.2) is 12.3 Å². The average molecular weight is 281 g/mol. The lowest BCUT2D eigenvalue weighted by Crippen LogP contribution is -2.42. The molecule has 0 unspecified atom stereocenters. The first-order valence-corrected chi connectivity index (χ1v) is 7.24. The molecule has 1 aliphatic rings. The molecule has 1 saturated heterocycles. The second kappa shape index (κ2) is 5.49. The smallest absolute Gasteiger partial charge is 0.256 e. The summed E-state index contributed by atoms with van der Waals surface area (Å²) in [6.45, 7) is 8.02. The normalized spacial score (nSPS) is 18.4. The quantitative estimate of drug-likeness (QED) is 0.828. The molecule has 1 amide bonds. The molecule has 3 nitrogen and oxygen atoms in total. The van der Waals surface area contributed by atoms with Crippen molar-refractivity contribution in [1.82, 2.24) is 9.88 Å². The summed E-state index contributed by atoms with van der Waals surface area (Å²) >= 11 is 6.14. The van der Waals surface area contributed by atoms with E-state index in [1.54, 1.807) is 12.3 Å². The molecule has 19 heavy (non-hydrogen) atoms. The van der Waals surface area contributed by atoms with Crippen LogP contribution in [0.2, 0.25) is 5.02 Å². The van der Waals surface area contributed by atoms with Gasteiger partial charge in [-0.25, -0.2) is 0 Å². The van der Waals surface area contributed by atoms with Crippen molar-refractivity contribution < 1.29 is 4.79 Å². The number of halogens is 1. The van der Waals surface area contributed by atoms with Gasteiger partial charge in [0.2, 0.25) is 0 Å². The molecule has 0 aliphatic carbocycles. The Kier molecular flexibility index (Phi) is 4.14. The molecule has 0 aromatic carbocycles. The van der Waals surface area contributed by atoms with Crippen LogP contribution >= 0.6 is 11.6 Å². The lowest BCUT2D eigenvalue weighted by Gasteiger charge is -2.39. The van der Waals surface area contributed by atoms with E-state index in [0.717, 1.165) is 31.6 Å². The van der Waals surface area contributed by atoms with Gasteiger partial charge in [0.25, 0.3) is 5.91 Å². The minimum absolute atomic E-state index is 0.00986. The van der Waals surface area contributed by atoms with Crippen molar-refractivity contribution >= 4 is 17.5 Å². The maximum atomic E-state index is 12.4. The fraction of sp³-hybridized carbons (Fsp3) is 0.600. The summed E-state index contributed by atoms with van der Waals surface area (Å²) in [5.74, 6) is 0.00986. The number of rotatable bonds is 2. The fourth-order valence-electron chi connectivity index (χ4n) is 2.46. The van der Waals surface area contributed by atoms with E-state index >= 15 is 0 Å². The van der Waals surface area contributed by atoms with E-state index in [9.17, 15) is 4.79 Å². The van der Waals surface area contributed by atoms with Crippen LogP contribution in [0, 0.1) is 12.3 Å². The summed E-state index contributed by atoms with van der Waals surface area (Å²) in [6, 6.07) is 1.74. The predicted molar refractivity (Wildman–Crippen MR) is 77.5 cm³/mol. The maximum absolute atomic E-state index is 12.4. The zero-order valence-electron chi connectivity index (χ0n) is 11.9. The van der Waals surface area contributed by atoms with Gasteiger partial charge in [0, 0.05) is 25.0 Å². The van der Waals surface area contributed by atoms with E-state index in [1.807, 2.05) is 11.8 Å². The molecule has 4 heteroatoms. The van der Waals surface area contributed by atoms with Crippen LogP contribution in [-0.4, -0.2) is 28.9 Å². The number of nitrogens with zero attached hydrogens (tertiary/aromatic N) is 2. The number of amides is 1. The first-order valence-electron chi connectivity index (χ1n) is 6.86. The van der Waals surface area contributed by atoms with Crippen molar-refractivity contribution in [2.24, 2.45) is 5.41 Å². The van der Waals surface area contributed by atoms with Crippen molar-refractivity contribution in [2.45, 2.75) is 40.0 Å². The Hall–Kier alpha value is -1.09. The summed E-state index contributed by atoms with van der Waals surface area (Å²) < 4.78 is 0. The molecule has 0 bridgehead atoms. The minimum atomic E-state index is 0.00986. The van der Waals surface area contributed by atoms with Crippen LogP contribution in [0.1, 0.15) is 49.2 Å². The summed E-state index contributed by atoms with van der Waals surface area (Å²) in [6.07, 6.45) is 4.88. The summed E-state index contributed by atoms with van der Waals surface area (Å²) in [4.78, 5) is 18.5. The van der Waals surface area contributed by atoms with Gasteiger partial charge in [-0.15, -0.1) is 0 Å².